The van der Waals surface area contributed by atoms with Crippen molar-refractivity contribution in [1.29, 1.82) is 0 Å². The van der Waals surface area contributed by atoms with Crippen molar-refractivity contribution in [3.63, 3.8) is 0 Å². The maximum Gasteiger partial charge on any atom is 0.147 e. The van der Waals surface area contributed by atoms with Crippen molar-refractivity contribution in [3.8, 4) is 0 Å². The molecule has 0 N–H and O–H groups in total. The fourth-order valence-corrected chi connectivity index (χ4v) is 9.55. The van der Waals surface area contributed by atoms with Gasteiger partial charge in [0.25, 0.3) is 0 Å². The van der Waals surface area contributed by atoms with Crippen molar-refractivity contribution < 1.29 is 0 Å². The van der Waals surface area contributed by atoms with Gasteiger partial charge in [0.1, 0.15) is 3.41 Å². The Morgan fingerprint density at radius 2 is 1.59 bits per heavy atom. The average molecular weight is 363 g/mol. The highest BCUT2D eigenvalue weighted by Gasteiger charge is 2.32. The zero-order valence-corrected chi connectivity index (χ0v) is 16.4. The number of allylic oxidation sites excluding steroid dienone is 1. The normalized spacial score (nSPS) is 13.5. The van der Waals surface area contributed by atoms with Gasteiger partial charge in [-0.25, -0.2) is 0 Å². The Morgan fingerprint density at radius 1 is 1.06 bits per heavy atom. The molecule has 0 amide bonds. The second kappa shape index (κ2) is 9.77. The van der Waals surface area contributed by atoms with Crippen LogP contribution in [-0.2, 0) is 0 Å². The van der Waals surface area contributed by atoms with E-state index in [1.165, 1.54) is 9.14 Å². The number of rotatable bonds is 8. The van der Waals surface area contributed by atoms with Crippen LogP contribution in [0.2, 0.25) is 0 Å². The van der Waals surface area contributed by atoms with Crippen molar-refractivity contribution >= 4 is 81.3 Å². The van der Waals surface area contributed by atoms with Crippen LogP contribution in [0.3, 0.4) is 0 Å². The predicted octanol–water partition coefficient (Wildman–Crippen LogP) is 6.11. The molecule has 0 aromatic heterocycles. The van der Waals surface area contributed by atoms with Gasteiger partial charge in [-0.1, -0.05) is 17.4 Å². The fraction of sp³-hybridized carbons (Fsp3) is 0.600. The van der Waals surface area contributed by atoms with E-state index in [1.54, 1.807) is 47.0 Å². The molecular weight excluding hydrogens is 345 g/mol. The molecule has 0 aromatic rings. The molecule has 17 heavy (non-hydrogen) atoms. The van der Waals surface area contributed by atoms with Gasteiger partial charge >= 0.3 is 0 Å². The van der Waals surface area contributed by atoms with E-state index in [2.05, 4.69) is 51.2 Å². The van der Waals surface area contributed by atoms with Gasteiger partial charge in [0.05, 0.1) is 4.24 Å². The third-order valence-corrected chi connectivity index (χ3v) is 12.7. The minimum atomic E-state index is -0.0759. The highest BCUT2D eigenvalue weighted by Crippen LogP contribution is 2.58. The summed E-state index contributed by atoms with van der Waals surface area (Å²) in [5.41, 5.74) is 0. The summed E-state index contributed by atoms with van der Waals surface area (Å²) in [7, 11) is 3.65. The molecule has 0 radical (unpaired) electrons. The van der Waals surface area contributed by atoms with Gasteiger partial charge in [-0.05, 0) is 42.7 Å². The van der Waals surface area contributed by atoms with Gasteiger partial charge < -0.3 is 0 Å². The molecule has 0 aromatic carbocycles. The minimum absolute atomic E-state index is 0.0759. The van der Waals surface area contributed by atoms with Gasteiger partial charge in [-0.2, -0.15) is 0 Å². The highest BCUT2D eigenvalue weighted by molar-refractivity contribution is 8.84. The van der Waals surface area contributed by atoms with Crippen LogP contribution in [0.25, 0.3) is 0 Å². The average Bonchev–Trinajstić information content (AvgIpc) is 2.34. The van der Waals surface area contributed by atoms with E-state index in [9.17, 15) is 0 Å². The molecule has 0 aliphatic heterocycles. The Kier molecular flexibility index (Phi) is 10.9. The Balaban J connectivity index is 4.77. The first kappa shape index (κ1) is 18.9. The lowest BCUT2D eigenvalue weighted by Crippen LogP contribution is -2.12. The van der Waals surface area contributed by atoms with E-state index in [1.807, 2.05) is 21.6 Å². The van der Waals surface area contributed by atoms with E-state index in [-0.39, 0.29) is 3.41 Å². The number of thioether (sulfide) groups is 4. The molecule has 100 valence electrons. The summed E-state index contributed by atoms with van der Waals surface area (Å²) in [4.78, 5) is 2.29. The summed E-state index contributed by atoms with van der Waals surface area (Å²) in [6.45, 7) is 6.16. The smallest absolute Gasteiger partial charge is 0.145 e. The van der Waals surface area contributed by atoms with Crippen molar-refractivity contribution in [1.82, 2.24) is 0 Å². The first-order valence-electron chi connectivity index (χ1n) is 4.60. The number of thiol groups is 1. The lowest BCUT2D eigenvalue weighted by atomic mass is 10.7. The van der Waals surface area contributed by atoms with E-state index < -0.39 is 0 Å². The molecule has 0 saturated heterocycles. The second-order valence-electron chi connectivity index (χ2n) is 2.83. The van der Waals surface area contributed by atoms with E-state index in [4.69, 9.17) is 0 Å². The standard InChI is InChI=1S/C10H18S7/c1-7(12-3)9(13-4)16-17-10(14-5,15-6)8(2)11/h11H,2H2,1,3-6H3/b9-7-. The Hall–Kier alpha value is 1.93. The van der Waals surface area contributed by atoms with Gasteiger partial charge in [0, 0.05) is 9.81 Å². The van der Waals surface area contributed by atoms with Crippen LogP contribution in [0, 0.1) is 0 Å². The fourth-order valence-electron chi connectivity index (χ4n) is 0.848. The lowest BCUT2D eigenvalue weighted by Gasteiger charge is -2.28. The van der Waals surface area contributed by atoms with Gasteiger partial charge in [-0.3, -0.25) is 0 Å². The molecule has 7 heteroatoms. The van der Waals surface area contributed by atoms with Gasteiger partial charge in [0.2, 0.25) is 0 Å². The molecule has 0 heterocycles. The Morgan fingerprint density at radius 3 is 1.88 bits per heavy atom. The van der Waals surface area contributed by atoms with E-state index >= 15 is 0 Å². The van der Waals surface area contributed by atoms with Crippen LogP contribution in [-0.4, -0.2) is 28.4 Å². The van der Waals surface area contributed by atoms with Gasteiger partial charge in [-0.15, -0.1) is 59.7 Å². The molecule has 0 bridgehead atoms. The summed E-state index contributed by atoms with van der Waals surface area (Å²) >= 11 is 11.6. The predicted molar refractivity (Wildman–Crippen MR) is 103 cm³/mol. The quantitative estimate of drug-likeness (QED) is 0.312. The lowest BCUT2D eigenvalue weighted by molar-refractivity contribution is 1.54. The molecular formula is C10H18S7. The van der Waals surface area contributed by atoms with Crippen molar-refractivity contribution in [2.24, 2.45) is 0 Å². The number of hydrogen-bond donors (Lipinski definition) is 1. The highest BCUT2D eigenvalue weighted by atomic mass is 33.1. The maximum atomic E-state index is 4.45. The van der Waals surface area contributed by atoms with Crippen molar-refractivity contribution in [2.45, 2.75) is 10.3 Å². The summed E-state index contributed by atoms with van der Waals surface area (Å²) in [6, 6.07) is 0. The van der Waals surface area contributed by atoms with Crippen LogP contribution >= 0.6 is 81.3 Å². The zero-order valence-electron chi connectivity index (χ0n) is 10.6. The molecule has 0 atom stereocenters. The minimum Gasteiger partial charge on any atom is -0.145 e. The second-order valence-corrected chi connectivity index (χ2v) is 10.6. The van der Waals surface area contributed by atoms with E-state index in [0.717, 1.165) is 4.91 Å². The topological polar surface area (TPSA) is 0 Å². The molecule has 0 unspecified atom stereocenters. The van der Waals surface area contributed by atoms with Crippen LogP contribution in [0.15, 0.2) is 20.6 Å². The molecule has 0 aliphatic carbocycles. The molecule has 0 aliphatic rings. The van der Waals surface area contributed by atoms with Crippen molar-refractivity contribution in [2.75, 3.05) is 25.0 Å². The third kappa shape index (κ3) is 5.83. The molecule has 0 rings (SSSR count). The van der Waals surface area contributed by atoms with Crippen molar-refractivity contribution in [3.05, 3.63) is 20.6 Å². The summed E-state index contributed by atoms with van der Waals surface area (Å²) in [5.74, 6) is 0. The summed E-state index contributed by atoms with van der Waals surface area (Å²) in [5, 5.41) is 0. The Labute approximate surface area is 136 Å². The summed E-state index contributed by atoms with van der Waals surface area (Å²) in [6.07, 6.45) is 8.45. The Bertz CT molecular complexity index is 280. The molecule has 0 nitrogen and oxygen atoms in total. The van der Waals surface area contributed by atoms with E-state index in [0.29, 0.717) is 0 Å². The monoisotopic (exact) mass is 362 g/mol. The third-order valence-electron chi connectivity index (χ3n) is 1.90. The zero-order chi connectivity index (χ0) is 13.5. The van der Waals surface area contributed by atoms with Gasteiger partial charge in [0.15, 0.2) is 0 Å². The maximum absolute atomic E-state index is 4.45. The first-order valence-corrected chi connectivity index (χ1v) is 12.1. The molecule has 0 fully saturated rings. The van der Waals surface area contributed by atoms with Crippen LogP contribution in [0.1, 0.15) is 6.92 Å². The largest absolute Gasteiger partial charge is 0.147 e. The van der Waals surface area contributed by atoms with Crippen LogP contribution < -0.4 is 0 Å². The van der Waals surface area contributed by atoms with Crippen LogP contribution in [0.4, 0.5) is 0 Å². The molecule has 0 spiro atoms. The SMILES string of the molecule is C=C(S)C(SC)(SC)SS/C(SC)=C(/C)SC. The van der Waals surface area contributed by atoms with Crippen LogP contribution in [0.5, 0.6) is 0 Å². The first-order chi connectivity index (χ1) is 7.97. The number of hydrogen-bond acceptors (Lipinski definition) is 7. The summed E-state index contributed by atoms with van der Waals surface area (Å²) < 4.78 is 1.29. The molecule has 0 saturated carbocycles.